The summed E-state index contributed by atoms with van der Waals surface area (Å²) in [6.45, 7) is 0. The monoisotopic (exact) mass is 348 g/mol. The van der Waals surface area contributed by atoms with Crippen molar-refractivity contribution in [3.05, 3.63) is 56.7 Å². The maximum absolute atomic E-state index is 12.3. The van der Waals surface area contributed by atoms with Crippen LogP contribution in [-0.4, -0.2) is 11.8 Å². The lowest BCUT2D eigenvalue weighted by atomic mass is 10.2. The zero-order valence-electron chi connectivity index (χ0n) is 10.2. The molecule has 2 aromatic rings. The summed E-state index contributed by atoms with van der Waals surface area (Å²) in [5.41, 5.74) is 3.35. The minimum atomic E-state index is -0.386. The van der Waals surface area contributed by atoms with Gasteiger partial charge in [0, 0.05) is 14.7 Å². The third-order valence-electron chi connectivity index (χ3n) is 2.78. The Morgan fingerprint density at radius 3 is 2.60 bits per heavy atom. The molecule has 1 aromatic carbocycles. The van der Waals surface area contributed by atoms with Crippen LogP contribution in [0.15, 0.2) is 51.8 Å². The Morgan fingerprint density at radius 1 is 1.20 bits per heavy atom. The number of anilines is 1. The highest BCUT2D eigenvalue weighted by atomic mass is 79.9. The number of carbonyl (C=O) groups is 2. The van der Waals surface area contributed by atoms with Crippen molar-refractivity contribution in [1.82, 2.24) is 5.43 Å². The van der Waals surface area contributed by atoms with E-state index < -0.39 is 0 Å². The van der Waals surface area contributed by atoms with Gasteiger partial charge in [-0.3, -0.25) is 15.0 Å². The van der Waals surface area contributed by atoms with Crippen LogP contribution in [-0.2, 0) is 9.59 Å². The number of thiophene rings is 1. The average molecular weight is 349 g/mol. The molecule has 0 unspecified atom stereocenters. The molecule has 0 aliphatic carbocycles. The van der Waals surface area contributed by atoms with E-state index in [2.05, 4.69) is 21.4 Å². The molecule has 0 bridgehead atoms. The quantitative estimate of drug-likeness (QED) is 0.669. The van der Waals surface area contributed by atoms with Crippen LogP contribution in [0.1, 0.15) is 4.88 Å². The lowest BCUT2D eigenvalue weighted by Crippen LogP contribution is -2.35. The van der Waals surface area contributed by atoms with E-state index in [9.17, 15) is 9.59 Å². The van der Waals surface area contributed by atoms with Crippen molar-refractivity contribution in [3.8, 4) is 0 Å². The smallest absolute Gasteiger partial charge is 0.267 e. The fourth-order valence-corrected chi connectivity index (χ4v) is 3.24. The summed E-state index contributed by atoms with van der Waals surface area (Å²) in [4.78, 5) is 25.1. The van der Waals surface area contributed by atoms with Crippen molar-refractivity contribution in [2.45, 2.75) is 0 Å². The summed E-state index contributed by atoms with van der Waals surface area (Å²) in [6, 6.07) is 10.9. The lowest BCUT2D eigenvalue weighted by molar-refractivity contribution is -0.117. The van der Waals surface area contributed by atoms with Crippen LogP contribution in [0.3, 0.4) is 0 Å². The second-order valence-corrected chi connectivity index (χ2v) is 6.00. The zero-order chi connectivity index (χ0) is 14.1. The Balaban J connectivity index is 1.93. The second-order valence-electron chi connectivity index (χ2n) is 4.14. The van der Waals surface area contributed by atoms with Gasteiger partial charge in [0.15, 0.2) is 0 Å². The van der Waals surface area contributed by atoms with Crippen molar-refractivity contribution < 1.29 is 9.59 Å². The van der Waals surface area contributed by atoms with Gasteiger partial charge in [-0.25, -0.2) is 5.01 Å². The fourth-order valence-electron chi connectivity index (χ4n) is 1.86. The van der Waals surface area contributed by atoms with Gasteiger partial charge in [0.25, 0.3) is 11.8 Å². The van der Waals surface area contributed by atoms with E-state index in [4.69, 9.17) is 0 Å². The van der Waals surface area contributed by atoms with Crippen LogP contribution in [0.5, 0.6) is 0 Å². The van der Waals surface area contributed by atoms with Gasteiger partial charge in [0.2, 0.25) is 0 Å². The Kier molecular flexibility index (Phi) is 3.42. The molecule has 1 N–H and O–H groups in total. The van der Waals surface area contributed by atoms with E-state index in [1.807, 2.05) is 29.6 Å². The van der Waals surface area contributed by atoms with Crippen molar-refractivity contribution in [1.29, 1.82) is 0 Å². The normalized spacial score (nSPS) is 16.9. The molecule has 1 fully saturated rings. The molecule has 4 nitrogen and oxygen atoms in total. The zero-order valence-corrected chi connectivity index (χ0v) is 12.6. The Morgan fingerprint density at radius 2 is 1.95 bits per heavy atom. The van der Waals surface area contributed by atoms with Crippen molar-refractivity contribution in [3.63, 3.8) is 0 Å². The van der Waals surface area contributed by atoms with E-state index in [0.29, 0.717) is 5.69 Å². The number of halogens is 1. The first-order valence-electron chi connectivity index (χ1n) is 5.81. The molecule has 0 atom stereocenters. The number of nitrogens with zero attached hydrogens (tertiary/aromatic N) is 1. The van der Waals surface area contributed by atoms with Gasteiger partial charge in [-0.2, -0.15) is 0 Å². The largest absolute Gasteiger partial charge is 0.282 e. The van der Waals surface area contributed by atoms with Crippen LogP contribution in [0.4, 0.5) is 5.69 Å². The number of rotatable bonds is 2. The van der Waals surface area contributed by atoms with Crippen molar-refractivity contribution >= 4 is 50.8 Å². The topological polar surface area (TPSA) is 49.4 Å². The molecule has 3 rings (SSSR count). The highest BCUT2D eigenvalue weighted by Crippen LogP contribution is 2.25. The highest BCUT2D eigenvalue weighted by Gasteiger charge is 2.34. The predicted octanol–water partition coefficient (Wildman–Crippen LogP) is 2.97. The van der Waals surface area contributed by atoms with Crippen LogP contribution < -0.4 is 10.4 Å². The van der Waals surface area contributed by atoms with Crippen LogP contribution in [0.2, 0.25) is 0 Å². The van der Waals surface area contributed by atoms with E-state index in [1.165, 1.54) is 16.3 Å². The third kappa shape index (κ3) is 2.39. The van der Waals surface area contributed by atoms with Gasteiger partial charge in [0.05, 0.1) is 5.69 Å². The molecule has 1 aliphatic rings. The number of carbonyl (C=O) groups excluding carboxylic acids is 2. The molecule has 0 saturated carbocycles. The van der Waals surface area contributed by atoms with Gasteiger partial charge in [-0.1, -0.05) is 18.2 Å². The van der Waals surface area contributed by atoms with Gasteiger partial charge in [0.1, 0.15) is 5.57 Å². The van der Waals surface area contributed by atoms with Crippen LogP contribution in [0, 0.1) is 0 Å². The SMILES string of the molecule is O=C1NN(c2ccccc2)C(=O)/C1=C\c1cc(Br)cs1. The first kappa shape index (κ1) is 13.1. The number of hydrogen-bond donors (Lipinski definition) is 1. The van der Waals surface area contributed by atoms with E-state index in [0.717, 1.165) is 9.35 Å². The molecular formula is C14H9BrN2O2S. The van der Waals surface area contributed by atoms with Crippen molar-refractivity contribution in [2.24, 2.45) is 0 Å². The molecule has 1 aliphatic heterocycles. The number of hydrazine groups is 1. The first-order chi connectivity index (χ1) is 9.65. The Labute approximate surface area is 127 Å². The number of para-hydroxylation sites is 1. The molecule has 6 heteroatoms. The van der Waals surface area contributed by atoms with Gasteiger partial charge < -0.3 is 0 Å². The Hall–Kier alpha value is -1.92. The Bertz CT molecular complexity index is 709. The maximum Gasteiger partial charge on any atom is 0.282 e. The average Bonchev–Trinajstić information content (AvgIpc) is 2.98. The minimum Gasteiger partial charge on any atom is -0.267 e. The molecule has 0 spiro atoms. The predicted molar refractivity (Wildman–Crippen MR) is 82.1 cm³/mol. The molecular weight excluding hydrogens is 340 g/mol. The summed E-state index contributed by atoms with van der Waals surface area (Å²) in [5.74, 6) is -0.728. The molecule has 1 saturated heterocycles. The van der Waals surface area contributed by atoms with E-state index >= 15 is 0 Å². The van der Waals surface area contributed by atoms with Gasteiger partial charge >= 0.3 is 0 Å². The first-order valence-corrected chi connectivity index (χ1v) is 7.48. The van der Waals surface area contributed by atoms with Gasteiger partial charge in [-0.05, 0) is 40.2 Å². The summed E-state index contributed by atoms with van der Waals surface area (Å²) in [7, 11) is 0. The number of benzene rings is 1. The molecule has 100 valence electrons. The summed E-state index contributed by atoms with van der Waals surface area (Å²) < 4.78 is 0.931. The molecule has 0 radical (unpaired) electrons. The number of nitrogens with one attached hydrogen (secondary N) is 1. The maximum atomic E-state index is 12.3. The highest BCUT2D eigenvalue weighted by molar-refractivity contribution is 9.10. The number of hydrogen-bond acceptors (Lipinski definition) is 3. The minimum absolute atomic E-state index is 0.142. The van der Waals surface area contributed by atoms with E-state index in [-0.39, 0.29) is 17.4 Å². The van der Waals surface area contributed by atoms with E-state index in [1.54, 1.807) is 18.2 Å². The second kappa shape index (κ2) is 5.22. The van der Waals surface area contributed by atoms with Crippen LogP contribution >= 0.6 is 27.3 Å². The third-order valence-corrected chi connectivity index (χ3v) is 4.42. The summed E-state index contributed by atoms with van der Waals surface area (Å²) in [6.07, 6.45) is 1.61. The number of amides is 2. The molecule has 20 heavy (non-hydrogen) atoms. The van der Waals surface area contributed by atoms with Gasteiger partial charge in [-0.15, -0.1) is 11.3 Å². The summed E-state index contributed by atoms with van der Waals surface area (Å²) in [5, 5.41) is 3.16. The lowest BCUT2D eigenvalue weighted by Gasteiger charge is -2.13. The standard InChI is InChI=1S/C14H9BrN2O2S/c15-9-6-11(20-8-9)7-12-13(18)16-17(14(12)19)10-4-2-1-3-5-10/h1-8H,(H,16,18)/b12-7-. The molecule has 2 heterocycles. The molecule has 1 aromatic heterocycles. The molecule has 2 amide bonds. The summed E-state index contributed by atoms with van der Waals surface area (Å²) >= 11 is 4.81. The van der Waals surface area contributed by atoms with Crippen LogP contribution in [0.25, 0.3) is 6.08 Å². The van der Waals surface area contributed by atoms with Crippen molar-refractivity contribution in [2.75, 3.05) is 5.01 Å². The fraction of sp³-hybridized carbons (Fsp3) is 0.